The molecule has 0 amide bonds. The maximum atomic E-state index is 14.2. The average molecular weight is 283 g/mol. The first-order valence-electron chi connectivity index (χ1n) is 6.76. The number of rotatable bonds is 4. The molecule has 3 nitrogen and oxygen atoms in total. The highest BCUT2D eigenvalue weighted by Crippen LogP contribution is 2.30. The molecule has 1 atom stereocenters. The molecule has 0 N–H and O–H groups in total. The number of hydrogen-bond acceptors (Lipinski definition) is 3. The summed E-state index contributed by atoms with van der Waals surface area (Å²) in [6, 6.07) is 7.80. The van der Waals surface area contributed by atoms with E-state index in [2.05, 4.69) is 0 Å². The minimum absolute atomic E-state index is 0.0141. The van der Waals surface area contributed by atoms with E-state index in [4.69, 9.17) is 4.74 Å². The van der Waals surface area contributed by atoms with Gasteiger partial charge in [-0.3, -0.25) is 9.69 Å². The first-order chi connectivity index (χ1) is 9.53. The average Bonchev–Trinajstić information content (AvgIpc) is 2.47. The van der Waals surface area contributed by atoms with Gasteiger partial charge in [0.15, 0.2) is 0 Å². The summed E-state index contributed by atoms with van der Waals surface area (Å²) in [5.74, 6) is -3.50. The zero-order valence-corrected chi connectivity index (χ0v) is 11.5. The SMILES string of the molecule is COC(=O)C1CCCN(CC(F)(F)c2ccccc2)C1. The van der Waals surface area contributed by atoms with Crippen LogP contribution in [-0.4, -0.2) is 37.6 Å². The number of hydrogen-bond donors (Lipinski definition) is 0. The lowest BCUT2D eigenvalue weighted by Crippen LogP contribution is -2.44. The zero-order valence-electron chi connectivity index (χ0n) is 11.5. The standard InChI is InChI=1S/C15H19F2NO2/c1-20-14(19)12-6-5-9-18(10-12)11-15(16,17)13-7-3-2-4-8-13/h2-4,7-8,12H,5-6,9-11H2,1H3. The van der Waals surface area contributed by atoms with Crippen LogP contribution in [0, 0.1) is 5.92 Å². The van der Waals surface area contributed by atoms with E-state index >= 15 is 0 Å². The third kappa shape index (κ3) is 3.54. The van der Waals surface area contributed by atoms with E-state index < -0.39 is 5.92 Å². The maximum Gasteiger partial charge on any atom is 0.309 e. The van der Waals surface area contributed by atoms with Gasteiger partial charge in [0.05, 0.1) is 19.6 Å². The van der Waals surface area contributed by atoms with E-state index in [1.54, 1.807) is 23.1 Å². The first kappa shape index (κ1) is 14.9. The van der Waals surface area contributed by atoms with Crippen LogP contribution in [-0.2, 0) is 15.5 Å². The van der Waals surface area contributed by atoms with E-state index in [1.165, 1.54) is 19.2 Å². The summed E-state index contributed by atoms with van der Waals surface area (Å²) < 4.78 is 33.1. The summed E-state index contributed by atoms with van der Waals surface area (Å²) in [6.45, 7) is 0.579. The van der Waals surface area contributed by atoms with Crippen molar-refractivity contribution in [2.75, 3.05) is 26.7 Å². The lowest BCUT2D eigenvalue weighted by molar-refractivity contribution is -0.148. The predicted molar refractivity (Wildman–Crippen MR) is 71.5 cm³/mol. The van der Waals surface area contributed by atoms with Crippen molar-refractivity contribution < 1.29 is 18.3 Å². The molecular weight excluding hydrogens is 264 g/mol. The van der Waals surface area contributed by atoms with Crippen LogP contribution in [0.2, 0.25) is 0 Å². The van der Waals surface area contributed by atoms with E-state index in [9.17, 15) is 13.6 Å². The van der Waals surface area contributed by atoms with Crippen LogP contribution >= 0.6 is 0 Å². The van der Waals surface area contributed by atoms with Crippen molar-refractivity contribution in [3.63, 3.8) is 0 Å². The van der Waals surface area contributed by atoms with Crippen LogP contribution in [0.3, 0.4) is 0 Å². The van der Waals surface area contributed by atoms with Crippen LogP contribution in [0.25, 0.3) is 0 Å². The summed E-state index contributed by atoms with van der Waals surface area (Å²) in [5, 5.41) is 0. The molecule has 1 unspecified atom stereocenters. The van der Waals surface area contributed by atoms with Crippen molar-refractivity contribution >= 4 is 5.97 Å². The molecule has 1 fully saturated rings. The van der Waals surface area contributed by atoms with Crippen LogP contribution < -0.4 is 0 Å². The molecule has 0 bridgehead atoms. The Morgan fingerprint density at radius 3 is 2.75 bits per heavy atom. The van der Waals surface area contributed by atoms with Gasteiger partial charge in [-0.1, -0.05) is 30.3 Å². The fraction of sp³-hybridized carbons (Fsp3) is 0.533. The van der Waals surface area contributed by atoms with Crippen molar-refractivity contribution in [1.29, 1.82) is 0 Å². The third-order valence-corrected chi connectivity index (χ3v) is 3.66. The Bertz CT molecular complexity index is 450. The van der Waals surface area contributed by atoms with Gasteiger partial charge in [0.25, 0.3) is 5.92 Å². The van der Waals surface area contributed by atoms with Crippen LogP contribution in [0.1, 0.15) is 18.4 Å². The molecule has 0 aromatic heterocycles. The highest BCUT2D eigenvalue weighted by Gasteiger charge is 2.36. The molecule has 1 aliphatic rings. The Kier molecular flexibility index (Phi) is 4.70. The molecule has 0 aliphatic carbocycles. The maximum absolute atomic E-state index is 14.2. The number of esters is 1. The number of methoxy groups -OCH3 is 1. The quantitative estimate of drug-likeness (QED) is 0.796. The molecule has 5 heteroatoms. The summed E-state index contributed by atoms with van der Waals surface area (Å²) in [7, 11) is 1.33. The third-order valence-electron chi connectivity index (χ3n) is 3.66. The Hall–Kier alpha value is -1.49. The summed E-state index contributed by atoms with van der Waals surface area (Å²) in [5.41, 5.74) is 0.0141. The fourth-order valence-electron chi connectivity index (χ4n) is 2.61. The molecular formula is C15H19F2NO2. The fourth-order valence-corrected chi connectivity index (χ4v) is 2.61. The van der Waals surface area contributed by atoms with Gasteiger partial charge < -0.3 is 4.74 Å². The van der Waals surface area contributed by atoms with Crippen molar-refractivity contribution in [3.8, 4) is 0 Å². The number of benzene rings is 1. The van der Waals surface area contributed by atoms with Gasteiger partial charge >= 0.3 is 5.97 Å². The van der Waals surface area contributed by atoms with Gasteiger partial charge in [0, 0.05) is 12.1 Å². The summed E-state index contributed by atoms with van der Waals surface area (Å²) in [6.07, 6.45) is 1.45. The van der Waals surface area contributed by atoms with Crippen molar-refractivity contribution in [2.24, 2.45) is 5.92 Å². The minimum atomic E-state index is -2.90. The monoisotopic (exact) mass is 283 g/mol. The van der Waals surface area contributed by atoms with Gasteiger partial charge in [-0.05, 0) is 19.4 Å². The van der Waals surface area contributed by atoms with E-state index in [1.807, 2.05) is 0 Å². The number of halogens is 2. The van der Waals surface area contributed by atoms with Gasteiger partial charge in [-0.2, -0.15) is 8.78 Å². The Morgan fingerprint density at radius 1 is 1.40 bits per heavy atom. The molecule has 1 aliphatic heterocycles. The van der Waals surface area contributed by atoms with Crippen LogP contribution in [0.5, 0.6) is 0 Å². The zero-order chi connectivity index (χ0) is 14.6. The lowest BCUT2D eigenvalue weighted by atomic mass is 9.97. The number of piperidine rings is 1. The topological polar surface area (TPSA) is 29.5 Å². The lowest BCUT2D eigenvalue weighted by Gasteiger charge is -2.33. The molecule has 1 aromatic rings. The van der Waals surface area contributed by atoms with Gasteiger partial charge in [-0.15, -0.1) is 0 Å². The van der Waals surface area contributed by atoms with Gasteiger partial charge in [-0.25, -0.2) is 0 Å². The normalized spacial score (nSPS) is 20.6. The second-order valence-corrected chi connectivity index (χ2v) is 5.17. The van der Waals surface area contributed by atoms with Crippen molar-refractivity contribution in [3.05, 3.63) is 35.9 Å². The minimum Gasteiger partial charge on any atom is -0.469 e. The highest BCUT2D eigenvalue weighted by atomic mass is 19.3. The molecule has 20 heavy (non-hydrogen) atoms. The van der Waals surface area contributed by atoms with E-state index in [0.29, 0.717) is 19.5 Å². The van der Waals surface area contributed by atoms with Gasteiger partial charge in [0.1, 0.15) is 0 Å². The number of ether oxygens (including phenoxy) is 1. The Labute approximate surface area is 117 Å². The van der Waals surface area contributed by atoms with Crippen LogP contribution in [0.4, 0.5) is 8.78 Å². The summed E-state index contributed by atoms with van der Waals surface area (Å²) in [4.78, 5) is 13.2. The molecule has 110 valence electrons. The first-order valence-corrected chi connectivity index (χ1v) is 6.76. The molecule has 0 spiro atoms. The van der Waals surface area contributed by atoms with Crippen LogP contribution in [0.15, 0.2) is 30.3 Å². The summed E-state index contributed by atoms with van der Waals surface area (Å²) >= 11 is 0. The second-order valence-electron chi connectivity index (χ2n) is 5.17. The van der Waals surface area contributed by atoms with E-state index in [-0.39, 0.29) is 24.0 Å². The predicted octanol–water partition coefficient (Wildman–Crippen LogP) is 2.66. The van der Waals surface area contributed by atoms with Crippen molar-refractivity contribution in [1.82, 2.24) is 4.90 Å². The Morgan fingerprint density at radius 2 is 2.10 bits per heavy atom. The molecule has 1 aromatic carbocycles. The Balaban J connectivity index is 2.00. The molecule has 1 saturated heterocycles. The molecule has 0 radical (unpaired) electrons. The number of likely N-dealkylation sites (tertiary alicyclic amines) is 1. The molecule has 2 rings (SSSR count). The smallest absolute Gasteiger partial charge is 0.309 e. The molecule has 0 saturated carbocycles. The largest absolute Gasteiger partial charge is 0.469 e. The number of nitrogens with zero attached hydrogens (tertiary/aromatic N) is 1. The highest BCUT2D eigenvalue weighted by molar-refractivity contribution is 5.72. The van der Waals surface area contributed by atoms with Crippen molar-refractivity contribution in [2.45, 2.75) is 18.8 Å². The van der Waals surface area contributed by atoms with Gasteiger partial charge in [0.2, 0.25) is 0 Å². The number of carbonyl (C=O) groups excluding carboxylic acids is 1. The number of alkyl halides is 2. The second kappa shape index (κ2) is 6.31. The van der Waals surface area contributed by atoms with E-state index in [0.717, 1.165) is 6.42 Å². The molecule has 1 heterocycles. The number of carbonyl (C=O) groups is 1.